The third kappa shape index (κ3) is 8.91. The van der Waals surface area contributed by atoms with E-state index in [0.29, 0.717) is 24.7 Å². The Labute approximate surface area is 206 Å². The molecule has 0 bridgehead atoms. The topological polar surface area (TPSA) is 18.5 Å². The third-order valence-electron chi connectivity index (χ3n) is 7.30. The molecule has 34 heavy (non-hydrogen) atoms. The molecule has 3 heteroatoms. The maximum atomic E-state index is 14.6. The predicted octanol–water partition coefficient (Wildman–Crippen LogP) is 8.44. The van der Waals surface area contributed by atoms with Gasteiger partial charge < -0.3 is 9.47 Å². The fourth-order valence-electron chi connectivity index (χ4n) is 5.09. The number of hydrogen-bond donors (Lipinski definition) is 0. The minimum atomic E-state index is -0.164. The van der Waals surface area contributed by atoms with Crippen molar-refractivity contribution < 1.29 is 13.9 Å². The van der Waals surface area contributed by atoms with Gasteiger partial charge in [-0.3, -0.25) is 0 Å². The molecule has 2 nitrogen and oxygen atoms in total. The minimum absolute atomic E-state index is 0.164. The van der Waals surface area contributed by atoms with Crippen LogP contribution in [0.4, 0.5) is 4.39 Å². The second-order valence-corrected chi connectivity index (χ2v) is 9.83. The van der Waals surface area contributed by atoms with Crippen LogP contribution in [0.5, 0.6) is 5.75 Å². The first-order valence-electron chi connectivity index (χ1n) is 13.3. The van der Waals surface area contributed by atoms with Gasteiger partial charge in [-0.2, -0.15) is 0 Å². The SMILES string of the molecule is C=CCCC1CCC(c2ccc(CCc3ccc(OCCCCCCOC)cc3F)cc2)CC1. The molecule has 0 atom stereocenters. The first-order valence-corrected chi connectivity index (χ1v) is 13.3. The average Bonchev–Trinajstić information content (AvgIpc) is 2.87. The molecule has 1 aliphatic rings. The van der Waals surface area contributed by atoms with E-state index < -0.39 is 0 Å². The van der Waals surface area contributed by atoms with Crippen LogP contribution in [0, 0.1) is 11.7 Å². The molecule has 0 unspecified atom stereocenters. The molecular weight excluding hydrogens is 423 g/mol. The van der Waals surface area contributed by atoms with Crippen molar-refractivity contribution >= 4 is 0 Å². The summed E-state index contributed by atoms with van der Waals surface area (Å²) in [5, 5.41) is 0. The lowest BCUT2D eigenvalue weighted by molar-refractivity contribution is 0.191. The molecule has 1 aliphatic carbocycles. The molecule has 0 radical (unpaired) electrons. The molecule has 0 N–H and O–H groups in total. The highest BCUT2D eigenvalue weighted by Crippen LogP contribution is 2.37. The summed E-state index contributed by atoms with van der Waals surface area (Å²) in [6.45, 7) is 5.30. The van der Waals surface area contributed by atoms with E-state index in [-0.39, 0.29) is 5.82 Å². The highest BCUT2D eigenvalue weighted by Gasteiger charge is 2.21. The van der Waals surface area contributed by atoms with E-state index in [1.54, 1.807) is 7.11 Å². The number of allylic oxidation sites excluding steroid dienone is 1. The van der Waals surface area contributed by atoms with Gasteiger partial charge in [-0.15, -0.1) is 6.58 Å². The van der Waals surface area contributed by atoms with Crippen molar-refractivity contribution in [2.75, 3.05) is 20.3 Å². The van der Waals surface area contributed by atoms with E-state index in [1.165, 1.54) is 49.3 Å². The second-order valence-electron chi connectivity index (χ2n) is 9.83. The quantitative estimate of drug-likeness (QED) is 0.194. The van der Waals surface area contributed by atoms with Gasteiger partial charge in [0.15, 0.2) is 0 Å². The predicted molar refractivity (Wildman–Crippen MR) is 140 cm³/mol. The standard InChI is InChI=1S/C31H43FO2/c1-3-4-9-25-10-15-27(16-11-25)28-17-12-26(13-18-28)14-19-29-20-21-30(24-31(29)32)34-23-8-6-5-7-22-33-2/h3,12-13,17-18,20-21,24-25,27H,1,4-11,14-16,19,22-23H2,2H3. The Hall–Kier alpha value is -2.13. The Morgan fingerprint density at radius 2 is 1.65 bits per heavy atom. The number of hydrogen-bond acceptors (Lipinski definition) is 2. The average molecular weight is 467 g/mol. The molecule has 0 aliphatic heterocycles. The van der Waals surface area contributed by atoms with Gasteiger partial charge in [0.2, 0.25) is 0 Å². The summed E-state index contributed by atoms with van der Waals surface area (Å²) < 4.78 is 25.4. The van der Waals surface area contributed by atoms with Crippen LogP contribution in [0.15, 0.2) is 55.1 Å². The molecule has 0 amide bonds. The summed E-state index contributed by atoms with van der Waals surface area (Å²) in [6.07, 6.45) is 15.7. The normalized spacial score (nSPS) is 18.1. The zero-order valence-electron chi connectivity index (χ0n) is 21.1. The lowest BCUT2D eigenvalue weighted by Gasteiger charge is -2.28. The molecule has 2 aromatic rings. The zero-order valence-corrected chi connectivity index (χ0v) is 21.1. The lowest BCUT2D eigenvalue weighted by Crippen LogP contribution is -2.13. The largest absolute Gasteiger partial charge is 0.493 e. The molecule has 0 heterocycles. The Balaban J connectivity index is 1.39. The van der Waals surface area contributed by atoms with Gasteiger partial charge in [0.05, 0.1) is 6.61 Å². The van der Waals surface area contributed by atoms with E-state index >= 15 is 0 Å². The van der Waals surface area contributed by atoms with Crippen LogP contribution in [0.2, 0.25) is 0 Å². The Kier molecular flexibility index (Phi) is 11.7. The van der Waals surface area contributed by atoms with Gasteiger partial charge in [0, 0.05) is 19.8 Å². The van der Waals surface area contributed by atoms with E-state index in [9.17, 15) is 4.39 Å². The van der Waals surface area contributed by atoms with Crippen molar-refractivity contribution in [1.82, 2.24) is 0 Å². The molecule has 0 aromatic heterocycles. The Bertz CT molecular complexity index is 837. The summed E-state index contributed by atoms with van der Waals surface area (Å²) >= 11 is 0. The highest BCUT2D eigenvalue weighted by atomic mass is 19.1. The molecule has 1 saturated carbocycles. The molecule has 0 saturated heterocycles. The highest BCUT2D eigenvalue weighted by molar-refractivity contribution is 5.31. The van der Waals surface area contributed by atoms with Crippen molar-refractivity contribution in [2.24, 2.45) is 5.92 Å². The van der Waals surface area contributed by atoms with Crippen molar-refractivity contribution in [1.29, 1.82) is 0 Å². The number of methoxy groups -OCH3 is 1. The first-order chi connectivity index (χ1) is 16.7. The van der Waals surface area contributed by atoms with E-state index in [1.807, 2.05) is 18.2 Å². The van der Waals surface area contributed by atoms with E-state index in [0.717, 1.165) is 56.6 Å². The van der Waals surface area contributed by atoms with Gasteiger partial charge in [-0.1, -0.05) is 42.8 Å². The second kappa shape index (κ2) is 15.0. The summed E-state index contributed by atoms with van der Waals surface area (Å²) in [5.74, 6) is 2.04. The van der Waals surface area contributed by atoms with Gasteiger partial charge in [-0.25, -0.2) is 4.39 Å². The Morgan fingerprint density at radius 1 is 0.912 bits per heavy atom. The summed E-state index contributed by atoms with van der Waals surface area (Å²) in [5.41, 5.74) is 3.50. The van der Waals surface area contributed by atoms with Gasteiger partial charge in [0.25, 0.3) is 0 Å². The van der Waals surface area contributed by atoms with Crippen LogP contribution < -0.4 is 4.74 Å². The lowest BCUT2D eigenvalue weighted by atomic mass is 9.77. The first kappa shape index (κ1) is 26.5. The van der Waals surface area contributed by atoms with Crippen molar-refractivity contribution in [3.05, 3.63) is 77.6 Å². The number of unbranched alkanes of at least 4 members (excludes halogenated alkanes) is 3. The molecule has 0 spiro atoms. The molecule has 3 rings (SSSR count). The fraction of sp³-hybridized carbons (Fsp3) is 0.548. The minimum Gasteiger partial charge on any atom is -0.493 e. The van der Waals surface area contributed by atoms with Crippen LogP contribution in [-0.4, -0.2) is 20.3 Å². The van der Waals surface area contributed by atoms with Crippen LogP contribution in [0.1, 0.15) is 86.8 Å². The van der Waals surface area contributed by atoms with E-state index in [2.05, 4.69) is 30.8 Å². The summed E-state index contributed by atoms with van der Waals surface area (Å²) in [4.78, 5) is 0. The number of rotatable bonds is 15. The number of benzene rings is 2. The van der Waals surface area contributed by atoms with Crippen molar-refractivity contribution in [3.63, 3.8) is 0 Å². The molecule has 1 fully saturated rings. The van der Waals surface area contributed by atoms with Crippen LogP contribution >= 0.6 is 0 Å². The Morgan fingerprint density at radius 3 is 2.32 bits per heavy atom. The van der Waals surface area contributed by atoms with Gasteiger partial charge in [-0.05, 0) is 105 Å². The van der Waals surface area contributed by atoms with Gasteiger partial charge >= 0.3 is 0 Å². The fourth-order valence-corrected chi connectivity index (χ4v) is 5.09. The number of halogens is 1. The maximum Gasteiger partial charge on any atom is 0.130 e. The zero-order chi connectivity index (χ0) is 24.0. The van der Waals surface area contributed by atoms with Crippen LogP contribution in [0.3, 0.4) is 0 Å². The van der Waals surface area contributed by atoms with E-state index in [4.69, 9.17) is 9.47 Å². The molecule has 2 aromatic carbocycles. The summed E-state index contributed by atoms with van der Waals surface area (Å²) in [6, 6.07) is 14.4. The maximum absolute atomic E-state index is 14.6. The molecular formula is C31H43FO2. The van der Waals surface area contributed by atoms with Crippen LogP contribution in [0.25, 0.3) is 0 Å². The monoisotopic (exact) mass is 466 g/mol. The molecule has 186 valence electrons. The van der Waals surface area contributed by atoms with Gasteiger partial charge in [0.1, 0.15) is 11.6 Å². The van der Waals surface area contributed by atoms with Crippen molar-refractivity contribution in [3.8, 4) is 5.75 Å². The van der Waals surface area contributed by atoms with Crippen molar-refractivity contribution in [2.45, 2.75) is 83.0 Å². The smallest absolute Gasteiger partial charge is 0.130 e. The number of ether oxygens (including phenoxy) is 2. The summed E-state index contributed by atoms with van der Waals surface area (Å²) in [7, 11) is 1.73. The number of aryl methyl sites for hydroxylation is 2. The van der Waals surface area contributed by atoms with Crippen LogP contribution in [-0.2, 0) is 17.6 Å². The third-order valence-corrected chi connectivity index (χ3v) is 7.30.